The van der Waals surface area contributed by atoms with Gasteiger partial charge in [-0.15, -0.1) is 11.3 Å². The first-order chi connectivity index (χ1) is 17.1. The van der Waals surface area contributed by atoms with Crippen molar-refractivity contribution >= 4 is 58.1 Å². The minimum atomic E-state index is -1.03. The normalized spacial score (nSPS) is 14.4. The topological polar surface area (TPSA) is 133 Å². The Labute approximate surface area is 212 Å². The molecule has 1 aromatic carbocycles. The number of carbonyl (C=O) groups excluding carboxylic acids is 4. The van der Waals surface area contributed by atoms with E-state index in [1.165, 1.54) is 23.5 Å². The fraction of sp³-hybridized carbons (Fsp3) is 0.261. The van der Waals surface area contributed by atoms with Crippen LogP contribution in [-0.2, 0) is 19.2 Å². The Hall–Kier alpha value is -3.58. The Bertz CT molecular complexity index is 1230. The van der Waals surface area contributed by atoms with E-state index in [-0.39, 0.29) is 43.8 Å². The predicted octanol–water partition coefficient (Wildman–Crippen LogP) is 3.22. The quantitative estimate of drug-likeness (QED) is 0.375. The zero-order chi connectivity index (χ0) is 26.2. The second-order valence-corrected chi connectivity index (χ2v) is 9.48. The van der Waals surface area contributed by atoms with Gasteiger partial charge in [0.15, 0.2) is 11.6 Å². The van der Waals surface area contributed by atoms with Crippen molar-refractivity contribution in [2.24, 2.45) is 0 Å². The predicted molar refractivity (Wildman–Crippen MR) is 130 cm³/mol. The van der Waals surface area contributed by atoms with Crippen LogP contribution in [0, 0.1) is 11.6 Å². The molecular weight excluding hydrogens is 516 g/mol. The number of rotatable bonds is 11. The lowest BCUT2D eigenvalue weighted by Gasteiger charge is -2.12. The van der Waals surface area contributed by atoms with Crippen LogP contribution in [0.15, 0.2) is 34.6 Å². The van der Waals surface area contributed by atoms with Crippen LogP contribution in [-0.4, -0.2) is 58.6 Å². The van der Waals surface area contributed by atoms with Crippen LogP contribution >= 0.6 is 23.1 Å². The van der Waals surface area contributed by atoms with Gasteiger partial charge in [0.2, 0.25) is 11.8 Å². The lowest BCUT2D eigenvalue weighted by molar-refractivity contribution is -0.137. The smallest absolute Gasteiger partial charge is 0.305 e. The molecule has 0 saturated carbocycles. The minimum absolute atomic E-state index is 0.00755. The van der Waals surface area contributed by atoms with Crippen molar-refractivity contribution in [2.75, 3.05) is 19.6 Å². The summed E-state index contributed by atoms with van der Waals surface area (Å²) in [6.07, 6.45) is 1.14. The lowest BCUT2D eigenvalue weighted by Crippen LogP contribution is -2.35. The second-order valence-electron chi connectivity index (χ2n) is 7.54. The van der Waals surface area contributed by atoms with Gasteiger partial charge in [-0.05, 0) is 52.5 Å². The SMILES string of the molecule is O=C(O)CCNC(=O)CCNC(=O)CCN1C(=O)SC(=Cc2cc(-c3ccc(F)c(F)c3)cs2)C1=O. The molecule has 3 N–H and O–H groups in total. The number of amides is 4. The summed E-state index contributed by atoms with van der Waals surface area (Å²) in [4.78, 5) is 60.7. The first kappa shape index (κ1) is 27.0. The van der Waals surface area contributed by atoms with E-state index in [4.69, 9.17) is 5.11 Å². The number of hydrogen-bond donors (Lipinski definition) is 3. The third kappa shape index (κ3) is 7.46. The maximum Gasteiger partial charge on any atom is 0.305 e. The molecule has 0 atom stereocenters. The highest BCUT2D eigenvalue weighted by Crippen LogP contribution is 2.35. The lowest BCUT2D eigenvalue weighted by atomic mass is 10.1. The molecule has 2 aromatic rings. The molecule has 1 aliphatic heterocycles. The number of thiophene rings is 1. The van der Waals surface area contributed by atoms with Crippen molar-refractivity contribution in [2.45, 2.75) is 19.3 Å². The van der Waals surface area contributed by atoms with Gasteiger partial charge in [0.25, 0.3) is 11.1 Å². The number of carboxylic acids is 1. The highest BCUT2D eigenvalue weighted by molar-refractivity contribution is 8.18. The molecule has 36 heavy (non-hydrogen) atoms. The molecule has 190 valence electrons. The maximum atomic E-state index is 13.5. The van der Waals surface area contributed by atoms with Crippen LogP contribution < -0.4 is 10.6 Å². The van der Waals surface area contributed by atoms with Crippen LogP contribution in [0.25, 0.3) is 17.2 Å². The number of aliphatic carboxylic acids is 1. The molecule has 4 amide bonds. The molecule has 0 aliphatic carbocycles. The number of carbonyl (C=O) groups is 5. The number of nitrogens with one attached hydrogen (secondary N) is 2. The van der Waals surface area contributed by atoms with E-state index in [9.17, 15) is 32.8 Å². The van der Waals surface area contributed by atoms with Crippen LogP contribution in [0.5, 0.6) is 0 Å². The summed E-state index contributed by atoms with van der Waals surface area (Å²) < 4.78 is 26.7. The van der Waals surface area contributed by atoms with Crippen molar-refractivity contribution in [3.05, 3.63) is 51.1 Å². The average Bonchev–Trinajstić information content (AvgIpc) is 3.38. The standard InChI is InChI=1S/C23H21F2N3O6S2/c24-16-2-1-13(10-17(16)25)14-9-15(35-12-14)11-18-22(33)28(23(34)36-18)8-5-20(30)26-6-3-19(29)27-7-4-21(31)32/h1-2,9-12H,3-8H2,(H,26,30)(H,27,29)(H,31,32). The molecule has 1 aromatic heterocycles. The largest absolute Gasteiger partial charge is 0.481 e. The van der Waals surface area contributed by atoms with Crippen molar-refractivity contribution in [3.63, 3.8) is 0 Å². The third-order valence-electron chi connectivity index (χ3n) is 4.92. The summed E-state index contributed by atoms with van der Waals surface area (Å²) in [5, 5.41) is 14.6. The van der Waals surface area contributed by atoms with Crippen molar-refractivity contribution < 1.29 is 37.9 Å². The summed E-state index contributed by atoms with van der Waals surface area (Å²) in [6.45, 7) is -0.117. The van der Waals surface area contributed by atoms with E-state index in [1.807, 2.05) is 0 Å². The van der Waals surface area contributed by atoms with Gasteiger partial charge in [0.05, 0.1) is 11.3 Å². The van der Waals surface area contributed by atoms with Gasteiger partial charge >= 0.3 is 5.97 Å². The van der Waals surface area contributed by atoms with Crippen LogP contribution in [0.2, 0.25) is 0 Å². The number of benzene rings is 1. The second kappa shape index (κ2) is 12.4. The average molecular weight is 538 g/mol. The van der Waals surface area contributed by atoms with E-state index in [0.717, 1.165) is 28.8 Å². The maximum absolute atomic E-state index is 13.5. The van der Waals surface area contributed by atoms with E-state index in [1.54, 1.807) is 11.4 Å². The molecule has 1 aliphatic rings. The molecule has 13 heteroatoms. The van der Waals surface area contributed by atoms with Crippen molar-refractivity contribution in [3.8, 4) is 11.1 Å². The molecule has 9 nitrogen and oxygen atoms in total. The molecule has 0 unspecified atom stereocenters. The van der Waals surface area contributed by atoms with Crippen molar-refractivity contribution in [1.29, 1.82) is 0 Å². The Kier molecular flexibility index (Phi) is 9.31. The Morgan fingerprint density at radius 3 is 2.33 bits per heavy atom. The number of carboxylic acid groups (broad SMARTS) is 1. The minimum Gasteiger partial charge on any atom is -0.481 e. The molecule has 0 spiro atoms. The van der Waals surface area contributed by atoms with Gasteiger partial charge in [-0.25, -0.2) is 8.78 Å². The van der Waals surface area contributed by atoms with Crippen LogP contribution in [0.1, 0.15) is 24.1 Å². The summed E-state index contributed by atoms with van der Waals surface area (Å²) in [5.41, 5.74) is 1.11. The van der Waals surface area contributed by atoms with E-state index >= 15 is 0 Å². The zero-order valence-electron chi connectivity index (χ0n) is 18.7. The Balaban J connectivity index is 1.48. The fourth-order valence-electron chi connectivity index (χ4n) is 3.09. The number of nitrogens with zero attached hydrogens (tertiary/aromatic N) is 1. The number of thioether (sulfide) groups is 1. The monoisotopic (exact) mass is 537 g/mol. The summed E-state index contributed by atoms with van der Waals surface area (Å²) >= 11 is 2.01. The first-order valence-corrected chi connectivity index (χ1v) is 12.4. The first-order valence-electron chi connectivity index (χ1n) is 10.7. The molecule has 2 heterocycles. The number of imide groups is 1. The Morgan fingerprint density at radius 1 is 0.944 bits per heavy atom. The number of hydrogen-bond acceptors (Lipinski definition) is 7. The highest BCUT2D eigenvalue weighted by Gasteiger charge is 2.35. The summed E-state index contributed by atoms with van der Waals surface area (Å²) in [5.74, 6) is -4.36. The molecule has 0 bridgehead atoms. The highest BCUT2D eigenvalue weighted by atomic mass is 32.2. The van der Waals surface area contributed by atoms with Crippen LogP contribution in [0.3, 0.4) is 0 Å². The molecular formula is C23H21F2N3O6S2. The zero-order valence-corrected chi connectivity index (χ0v) is 20.3. The fourth-order valence-corrected chi connectivity index (χ4v) is 4.87. The van der Waals surface area contributed by atoms with Gasteiger partial charge in [-0.3, -0.25) is 28.9 Å². The molecule has 1 fully saturated rings. The van der Waals surface area contributed by atoms with Gasteiger partial charge in [0.1, 0.15) is 0 Å². The molecule has 3 rings (SSSR count). The third-order valence-corrected chi connectivity index (χ3v) is 6.70. The summed E-state index contributed by atoms with van der Waals surface area (Å²) in [7, 11) is 0. The van der Waals surface area contributed by atoms with E-state index in [0.29, 0.717) is 16.0 Å². The Morgan fingerprint density at radius 2 is 1.64 bits per heavy atom. The van der Waals surface area contributed by atoms with Crippen LogP contribution in [0.4, 0.5) is 13.6 Å². The van der Waals surface area contributed by atoms with Gasteiger partial charge in [-0.1, -0.05) is 6.07 Å². The van der Waals surface area contributed by atoms with Gasteiger partial charge in [-0.2, -0.15) is 0 Å². The molecule has 1 saturated heterocycles. The van der Waals surface area contributed by atoms with Gasteiger partial charge in [0, 0.05) is 37.4 Å². The molecule has 0 radical (unpaired) electrons. The summed E-state index contributed by atoms with van der Waals surface area (Å²) in [6, 6.07) is 5.23. The van der Waals surface area contributed by atoms with E-state index in [2.05, 4.69) is 10.6 Å². The van der Waals surface area contributed by atoms with Gasteiger partial charge < -0.3 is 15.7 Å². The van der Waals surface area contributed by atoms with Crippen molar-refractivity contribution in [1.82, 2.24) is 15.5 Å². The number of halogens is 2. The van der Waals surface area contributed by atoms with E-state index < -0.39 is 40.6 Å².